The Labute approximate surface area is 127 Å². The molecule has 0 aliphatic carbocycles. The van der Waals surface area contributed by atoms with Gasteiger partial charge in [0.15, 0.2) is 0 Å². The lowest BCUT2D eigenvalue weighted by Gasteiger charge is -2.35. The summed E-state index contributed by atoms with van der Waals surface area (Å²) >= 11 is 0. The summed E-state index contributed by atoms with van der Waals surface area (Å²) in [6.45, 7) is 6.69. The van der Waals surface area contributed by atoms with Gasteiger partial charge in [0, 0.05) is 37.9 Å². The van der Waals surface area contributed by atoms with Crippen molar-refractivity contribution >= 4 is 15.7 Å². The van der Waals surface area contributed by atoms with Gasteiger partial charge in [-0.15, -0.1) is 0 Å². The Morgan fingerprint density at radius 2 is 1.86 bits per heavy atom. The Kier molecular flexibility index (Phi) is 4.91. The molecule has 1 heterocycles. The number of rotatable bonds is 4. The summed E-state index contributed by atoms with van der Waals surface area (Å²) in [6.07, 6.45) is 2.15. The maximum Gasteiger partial charge on any atom is 0.211 e. The van der Waals surface area contributed by atoms with Gasteiger partial charge in [-0.1, -0.05) is 12.1 Å². The van der Waals surface area contributed by atoms with E-state index in [2.05, 4.69) is 30.0 Å². The fourth-order valence-corrected chi connectivity index (χ4v) is 3.66. The highest BCUT2D eigenvalue weighted by molar-refractivity contribution is 7.88. The number of anilines is 1. The molecule has 0 spiro atoms. The molecule has 1 atom stereocenters. The predicted molar refractivity (Wildman–Crippen MR) is 87.2 cm³/mol. The molecule has 21 heavy (non-hydrogen) atoms. The van der Waals surface area contributed by atoms with E-state index in [0.29, 0.717) is 13.1 Å². The van der Waals surface area contributed by atoms with Crippen molar-refractivity contribution in [1.29, 1.82) is 0 Å². The summed E-state index contributed by atoms with van der Waals surface area (Å²) in [6, 6.07) is 6.59. The maximum absolute atomic E-state index is 11.5. The lowest BCUT2D eigenvalue weighted by atomic mass is 10.0. The Morgan fingerprint density at radius 1 is 1.24 bits per heavy atom. The zero-order valence-corrected chi connectivity index (χ0v) is 13.9. The molecule has 1 aliphatic rings. The number of benzene rings is 1. The molecule has 2 N–H and O–H groups in total. The van der Waals surface area contributed by atoms with E-state index < -0.39 is 10.0 Å². The van der Waals surface area contributed by atoms with Crippen LogP contribution in [0.5, 0.6) is 0 Å². The first-order valence-corrected chi connectivity index (χ1v) is 9.17. The number of sulfonamides is 1. The van der Waals surface area contributed by atoms with Gasteiger partial charge in [0.1, 0.15) is 0 Å². The number of hydrogen-bond acceptors (Lipinski definition) is 4. The fourth-order valence-electron chi connectivity index (χ4n) is 2.83. The van der Waals surface area contributed by atoms with Crippen molar-refractivity contribution in [3.8, 4) is 0 Å². The molecule has 1 saturated heterocycles. The molecular weight excluding hydrogens is 286 g/mol. The maximum atomic E-state index is 11.5. The SMILES string of the molecule is Cc1cc(CC(C)N)ccc1N1CCN(S(C)(=O)=O)CC1. The molecule has 6 heteroatoms. The van der Waals surface area contributed by atoms with Crippen LogP contribution in [0.25, 0.3) is 0 Å². The normalized spacial score (nSPS) is 18.8. The van der Waals surface area contributed by atoms with Crippen LogP contribution in [0.4, 0.5) is 5.69 Å². The van der Waals surface area contributed by atoms with E-state index in [0.717, 1.165) is 19.5 Å². The van der Waals surface area contributed by atoms with Gasteiger partial charge in [0.25, 0.3) is 0 Å². The van der Waals surface area contributed by atoms with Crippen LogP contribution in [-0.2, 0) is 16.4 Å². The Bertz CT molecular complexity index is 591. The number of nitrogens with two attached hydrogens (primary N) is 1. The van der Waals surface area contributed by atoms with E-state index >= 15 is 0 Å². The minimum atomic E-state index is -3.07. The Balaban J connectivity index is 2.07. The van der Waals surface area contributed by atoms with E-state index in [4.69, 9.17) is 5.73 Å². The summed E-state index contributed by atoms with van der Waals surface area (Å²) in [5.74, 6) is 0. The van der Waals surface area contributed by atoms with Gasteiger partial charge in [-0.05, 0) is 37.5 Å². The van der Waals surface area contributed by atoms with Crippen molar-refractivity contribution in [1.82, 2.24) is 4.31 Å². The average Bonchev–Trinajstić information content (AvgIpc) is 2.37. The minimum absolute atomic E-state index is 0.161. The van der Waals surface area contributed by atoms with Crippen molar-refractivity contribution in [2.24, 2.45) is 5.73 Å². The second kappa shape index (κ2) is 6.34. The molecule has 1 aliphatic heterocycles. The van der Waals surface area contributed by atoms with Gasteiger partial charge in [0.2, 0.25) is 10.0 Å². The average molecular weight is 311 g/mol. The third-order valence-corrected chi connectivity index (χ3v) is 5.17. The third-order valence-electron chi connectivity index (χ3n) is 3.87. The summed E-state index contributed by atoms with van der Waals surface area (Å²) in [5, 5.41) is 0. The van der Waals surface area contributed by atoms with Crippen LogP contribution < -0.4 is 10.6 Å². The fraction of sp³-hybridized carbons (Fsp3) is 0.600. The molecular formula is C15H25N3O2S. The topological polar surface area (TPSA) is 66.6 Å². The summed E-state index contributed by atoms with van der Waals surface area (Å²) in [7, 11) is -3.07. The molecule has 0 bridgehead atoms. The van der Waals surface area contributed by atoms with Crippen LogP contribution in [-0.4, -0.2) is 51.2 Å². The first kappa shape index (κ1) is 16.3. The smallest absolute Gasteiger partial charge is 0.211 e. The predicted octanol–water partition coefficient (Wildman–Crippen LogP) is 0.966. The lowest BCUT2D eigenvalue weighted by Crippen LogP contribution is -2.48. The second-order valence-electron chi connectivity index (χ2n) is 5.95. The number of hydrogen-bond donors (Lipinski definition) is 1. The molecule has 0 aromatic heterocycles. The first-order valence-electron chi connectivity index (χ1n) is 7.32. The lowest BCUT2D eigenvalue weighted by molar-refractivity contribution is 0.388. The van der Waals surface area contributed by atoms with E-state index in [9.17, 15) is 8.42 Å². The highest BCUT2D eigenvalue weighted by Gasteiger charge is 2.24. The Morgan fingerprint density at radius 3 is 2.33 bits per heavy atom. The second-order valence-corrected chi connectivity index (χ2v) is 7.93. The van der Waals surface area contributed by atoms with Crippen molar-refractivity contribution < 1.29 is 8.42 Å². The van der Waals surface area contributed by atoms with Gasteiger partial charge in [0.05, 0.1) is 6.26 Å². The molecule has 1 aromatic rings. The highest BCUT2D eigenvalue weighted by atomic mass is 32.2. The van der Waals surface area contributed by atoms with Crippen LogP contribution in [0, 0.1) is 6.92 Å². The number of piperazine rings is 1. The van der Waals surface area contributed by atoms with Crippen molar-refractivity contribution in [3.63, 3.8) is 0 Å². The zero-order valence-electron chi connectivity index (χ0n) is 13.0. The summed E-state index contributed by atoms with van der Waals surface area (Å²) in [4.78, 5) is 2.26. The van der Waals surface area contributed by atoms with Crippen LogP contribution in [0.2, 0.25) is 0 Å². The van der Waals surface area contributed by atoms with E-state index in [-0.39, 0.29) is 6.04 Å². The molecule has 1 unspecified atom stereocenters. The monoisotopic (exact) mass is 311 g/mol. The quantitative estimate of drug-likeness (QED) is 0.899. The molecule has 118 valence electrons. The molecule has 0 amide bonds. The van der Waals surface area contributed by atoms with Crippen LogP contribution in [0.3, 0.4) is 0 Å². The zero-order chi connectivity index (χ0) is 15.6. The van der Waals surface area contributed by atoms with E-state index in [1.807, 2.05) is 6.92 Å². The standard InChI is InChI=1S/C15H25N3O2S/c1-12-10-14(11-13(2)16)4-5-15(12)17-6-8-18(9-7-17)21(3,19)20/h4-5,10,13H,6-9,11,16H2,1-3H3. The van der Waals surface area contributed by atoms with Crippen molar-refractivity contribution in [2.45, 2.75) is 26.3 Å². The van der Waals surface area contributed by atoms with Gasteiger partial charge in [-0.3, -0.25) is 0 Å². The number of nitrogens with zero attached hydrogens (tertiary/aromatic N) is 2. The molecule has 5 nitrogen and oxygen atoms in total. The van der Waals surface area contributed by atoms with Gasteiger partial charge in [-0.2, -0.15) is 4.31 Å². The third kappa shape index (κ3) is 4.18. The van der Waals surface area contributed by atoms with E-state index in [1.165, 1.54) is 23.1 Å². The van der Waals surface area contributed by atoms with Gasteiger partial charge >= 0.3 is 0 Å². The summed E-state index contributed by atoms with van der Waals surface area (Å²) < 4.78 is 24.6. The van der Waals surface area contributed by atoms with Crippen LogP contribution >= 0.6 is 0 Å². The number of aryl methyl sites for hydroxylation is 1. The van der Waals surface area contributed by atoms with Crippen molar-refractivity contribution in [2.75, 3.05) is 37.3 Å². The highest BCUT2D eigenvalue weighted by Crippen LogP contribution is 2.23. The van der Waals surface area contributed by atoms with E-state index in [1.54, 1.807) is 4.31 Å². The molecule has 1 fully saturated rings. The first-order chi connectivity index (χ1) is 9.77. The largest absolute Gasteiger partial charge is 0.369 e. The molecule has 0 saturated carbocycles. The van der Waals surface area contributed by atoms with Crippen LogP contribution in [0.15, 0.2) is 18.2 Å². The van der Waals surface area contributed by atoms with Gasteiger partial charge < -0.3 is 10.6 Å². The minimum Gasteiger partial charge on any atom is -0.369 e. The molecule has 2 rings (SSSR count). The van der Waals surface area contributed by atoms with Crippen molar-refractivity contribution in [3.05, 3.63) is 29.3 Å². The molecule has 1 aromatic carbocycles. The Hall–Kier alpha value is -1.11. The summed E-state index contributed by atoms with van der Waals surface area (Å²) in [5.41, 5.74) is 9.50. The molecule has 0 radical (unpaired) electrons. The van der Waals surface area contributed by atoms with Crippen LogP contribution in [0.1, 0.15) is 18.1 Å². The van der Waals surface area contributed by atoms with Gasteiger partial charge in [-0.25, -0.2) is 8.42 Å².